The highest BCUT2D eigenvalue weighted by Crippen LogP contribution is 2.14. The van der Waals surface area contributed by atoms with E-state index in [1.165, 1.54) is 6.07 Å². The van der Waals surface area contributed by atoms with Crippen LogP contribution >= 0.6 is 0 Å². The van der Waals surface area contributed by atoms with E-state index in [-0.39, 0.29) is 24.3 Å². The van der Waals surface area contributed by atoms with E-state index in [0.717, 1.165) is 25.9 Å². The van der Waals surface area contributed by atoms with Crippen molar-refractivity contribution in [1.29, 1.82) is 0 Å². The molecule has 0 aliphatic carbocycles. The van der Waals surface area contributed by atoms with Gasteiger partial charge in [0.2, 0.25) is 5.91 Å². The van der Waals surface area contributed by atoms with E-state index >= 15 is 0 Å². The lowest BCUT2D eigenvalue weighted by atomic mass is 10.1. The molecule has 0 atom stereocenters. The number of carbonyl (C=O) groups is 2. The van der Waals surface area contributed by atoms with Crippen LogP contribution in [0.3, 0.4) is 0 Å². The standard InChI is InChI=1S/C20H30FN3O3/c1-20(2,3)27-19(26)22-16-9-11-24(12-10-16)14-18(25)23(4)13-15-7-5-6-8-17(15)21/h5-8,16H,9-14H2,1-4H3,(H,22,26). The summed E-state index contributed by atoms with van der Waals surface area (Å²) >= 11 is 0. The molecule has 0 radical (unpaired) electrons. The number of carbonyl (C=O) groups excluding carboxylic acids is 2. The molecule has 0 saturated carbocycles. The number of likely N-dealkylation sites (N-methyl/N-ethyl adjacent to an activating group) is 1. The van der Waals surface area contributed by atoms with Crippen LogP contribution in [0, 0.1) is 5.82 Å². The van der Waals surface area contributed by atoms with Gasteiger partial charge in [0, 0.05) is 38.3 Å². The predicted molar refractivity (Wildman–Crippen MR) is 102 cm³/mol. The number of amides is 2. The number of rotatable bonds is 5. The molecule has 0 unspecified atom stereocenters. The van der Waals surface area contributed by atoms with Gasteiger partial charge in [-0.1, -0.05) is 18.2 Å². The number of alkyl carbamates (subject to hydrolysis) is 1. The maximum atomic E-state index is 13.7. The van der Waals surface area contributed by atoms with E-state index in [4.69, 9.17) is 4.74 Å². The molecule has 2 rings (SSSR count). The third-order valence-electron chi connectivity index (χ3n) is 4.46. The van der Waals surface area contributed by atoms with E-state index in [1.807, 2.05) is 20.8 Å². The fraction of sp³-hybridized carbons (Fsp3) is 0.600. The maximum absolute atomic E-state index is 13.7. The smallest absolute Gasteiger partial charge is 0.407 e. The largest absolute Gasteiger partial charge is 0.444 e. The van der Waals surface area contributed by atoms with Crippen LogP contribution in [0.4, 0.5) is 9.18 Å². The molecule has 1 N–H and O–H groups in total. The molecule has 1 aromatic rings. The lowest BCUT2D eigenvalue weighted by molar-refractivity contribution is -0.132. The summed E-state index contributed by atoms with van der Waals surface area (Å²) < 4.78 is 19.0. The molecule has 7 heteroatoms. The molecule has 6 nitrogen and oxygen atoms in total. The molecule has 0 aromatic heterocycles. The minimum atomic E-state index is -0.514. The van der Waals surface area contributed by atoms with Crippen molar-refractivity contribution in [3.63, 3.8) is 0 Å². The van der Waals surface area contributed by atoms with Crippen molar-refractivity contribution < 1.29 is 18.7 Å². The number of piperidine rings is 1. The molecule has 1 fully saturated rings. The van der Waals surface area contributed by atoms with Crippen LogP contribution in [-0.4, -0.2) is 60.1 Å². The van der Waals surface area contributed by atoms with Crippen molar-refractivity contribution in [3.8, 4) is 0 Å². The van der Waals surface area contributed by atoms with Gasteiger partial charge in [-0.25, -0.2) is 9.18 Å². The Bertz CT molecular complexity index is 652. The first-order chi connectivity index (χ1) is 12.6. The van der Waals surface area contributed by atoms with Gasteiger partial charge >= 0.3 is 6.09 Å². The summed E-state index contributed by atoms with van der Waals surface area (Å²) in [6.45, 7) is 7.49. The second-order valence-electron chi connectivity index (χ2n) is 8.04. The average molecular weight is 379 g/mol. The molecule has 1 heterocycles. The van der Waals surface area contributed by atoms with E-state index in [9.17, 15) is 14.0 Å². The number of hydrogen-bond donors (Lipinski definition) is 1. The van der Waals surface area contributed by atoms with Gasteiger partial charge in [0.1, 0.15) is 11.4 Å². The zero-order chi connectivity index (χ0) is 20.0. The number of nitrogens with one attached hydrogen (secondary N) is 1. The summed E-state index contributed by atoms with van der Waals surface area (Å²) in [6.07, 6.45) is 1.13. The fourth-order valence-electron chi connectivity index (χ4n) is 2.99. The summed E-state index contributed by atoms with van der Waals surface area (Å²) in [4.78, 5) is 27.9. The minimum absolute atomic E-state index is 0.0446. The number of ether oxygens (including phenoxy) is 1. The number of benzene rings is 1. The summed E-state index contributed by atoms with van der Waals surface area (Å²) in [7, 11) is 1.69. The zero-order valence-corrected chi connectivity index (χ0v) is 16.6. The second-order valence-corrected chi connectivity index (χ2v) is 8.04. The third-order valence-corrected chi connectivity index (χ3v) is 4.46. The zero-order valence-electron chi connectivity index (χ0n) is 16.6. The van der Waals surface area contributed by atoms with Crippen molar-refractivity contribution in [2.75, 3.05) is 26.7 Å². The number of halogens is 1. The summed E-state index contributed by atoms with van der Waals surface area (Å²) in [6, 6.07) is 6.54. The van der Waals surface area contributed by atoms with Crippen LogP contribution in [0.2, 0.25) is 0 Å². The van der Waals surface area contributed by atoms with Gasteiger partial charge in [-0.15, -0.1) is 0 Å². The fourth-order valence-corrected chi connectivity index (χ4v) is 2.99. The van der Waals surface area contributed by atoms with Crippen molar-refractivity contribution in [2.45, 2.75) is 51.8 Å². The monoisotopic (exact) mass is 379 g/mol. The average Bonchev–Trinajstić information content (AvgIpc) is 2.57. The van der Waals surface area contributed by atoms with Crippen molar-refractivity contribution in [3.05, 3.63) is 35.6 Å². The van der Waals surface area contributed by atoms with Crippen molar-refractivity contribution in [2.24, 2.45) is 0 Å². The van der Waals surface area contributed by atoms with Crippen LogP contribution in [0.5, 0.6) is 0 Å². The van der Waals surface area contributed by atoms with Crippen LogP contribution < -0.4 is 5.32 Å². The van der Waals surface area contributed by atoms with Crippen molar-refractivity contribution in [1.82, 2.24) is 15.1 Å². The summed E-state index contributed by atoms with van der Waals surface area (Å²) in [5.74, 6) is -0.344. The van der Waals surface area contributed by atoms with Gasteiger partial charge in [0.15, 0.2) is 0 Å². The van der Waals surface area contributed by atoms with Crippen molar-refractivity contribution >= 4 is 12.0 Å². The first kappa shape index (κ1) is 21.2. The van der Waals surface area contributed by atoms with Crippen LogP contribution in [0.1, 0.15) is 39.2 Å². The quantitative estimate of drug-likeness (QED) is 0.855. The highest BCUT2D eigenvalue weighted by atomic mass is 19.1. The van der Waals surface area contributed by atoms with Crippen LogP contribution in [-0.2, 0) is 16.1 Å². The van der Waals surface area contributed by atoms with E-state index in [1.54, 1.807) is 30.1 Å². The minimum Gasteiger partial charge on any atom is -0.444 e. The lowest BCUT2D eigenvalue weighted by Gasteiger charge is -2.33. The van der Waals surface area contributed by atoms with E-state index in [0.29, 0.717) is 12.1 Å². The molecule has 1 aliphatic rings. The topological polar surface area (TPSA) is 61.9 Å². The predicted octanol–water partition coefficient (Wildman–Crippen LogP) is 2.77. The normalized spacial score (nSPS) is 16.0. The molecule has 1 aliphatic heterocycles. The Hall–Kier alpha value is -2.15. The molecule has 0 bridgehead atoms. The SMILES string of the molecule is CN(Cc1ccccc1F)C(=O)CN1CCC(NC(=O)OC(C)(C)C)CC1. The second kappa shape index (κ2) is 9.17. The highest BCUT2D eigenvalue weighted by molar-refractivity contribution is 5.78. The van der Waals surface area contributed by atoms with E-state index < -0.39 is 11.7 Å². The summed E-state index contributed by atoms with van der Waals surface area (Å²) in [5.41, 5.74) is -0.00589. The maximum Gasteiger partial charge on any atom is 0.407 e. The van der Waals surface area contributed by atoms with Gasteiger partial charge < -0.3 is 15.0 Å². The number of nitrogens with zero attached hydrogens (tertiary/aromatic N) is 2. The van der Waals surface area contributed by atoms with Gasteiger partial charge in [-0.3, -0.25) is 9.69 Å². The Balaban J connectivity index is 1.74. The summed E-state index contributed by atoms with van der Waals surface area (Å²) in [5, 5.41) is 2.89. The first-order valence-corrected chi connectivity index (χ1v) is 9.33. The van der Waals surface area contributed by atoms with E-state index in [2.05, 4.69) is 10.2 Å². The molecule has 27 heavy (non-hydrogen) atoms. The Kier molecular flexibility index (Phi) is 7.18. The Morgan fingerprint density at radius 1 is 1.26 bits per heavy atom. The highest BCUT2D eigenvalue weighted by Gasteiger charge is 2.25. The van der Waals surface area contributed by atoms with Gasteiger partial charge in [0.25, 0.3) is 0 Å². The molecular weight excluding hydrogens is 349 g/mol. The number of hydrogen-bond acceptors (Lipinski definition) is 4. The van der Waals surface area contributed by atoms with Gasteiger partial charge in [0.05, 0.1) is 6.54 Å². The molecule has 0 spiro atoms. The molecule has 150 valence electrons. The van der Waals surface area contributed by atoms with Crippen LogP contribution in [0.25, 0.3) is 0 Å². The molecule has 2 amide bonds. The van der Waals surface area contributed by atoms with Gasteiger partial charge in [-0.05, 0) is 39.7 Å². The van der Waals surface area contributed by atoms with Gasteiger partial charge in [-0.2, -0.15) is 0 Å². The molecule has 1 aromatic carbocycles. The Labute approximate surface area is 160 Å². The van der Waals surface area contributed by atoms with Crippen LogP contribution in [0.15, 0.2) is 24.3 Å². The lowest BCUT2D eigenvalue weighted by Crippen LogP contribution is -2.48. The number of likely N-dealkylation sites (tertiary alicyclic amines) is 1. The molecule has 1 saturated heterocycles. The third kappa shape index (κ3) is 7.17. The first-order valence-electron chi connectivity index (χ1n) is 9.33. The Morgan fingerprint density at radius 3 is 2.48 bits per heavy atom. The molecular formula is C20H30FN3O3. The Morgan fingerprint density at radius 2 is 1.89 bits per heavy atom.